The van der Waals surface area contributed by atoms with Crippen LogP contribution in [0.3, 0.4) is 0 Å². The highest BCUT2D eigenvalue weighted by Gasteiger charge is 2.62. The minimum Gasteiger partial charge on any atom is -0.462 e. The zero-order valence-electron chi connectivity index (χ0n) is 15.1. The van der Waals surface area contributed by atoms with E-state index < -0.39 is 5.97 Å². The van der Waals surface area contributed by atoms with Crippen molar-refractivity contribution in [2.45, 2.75) is 20.8 Å². The monoisotopic (exact) mass is 351 g/mol. The van der Waals surface area contributed by atoms with Crippen LogP contribution < -0.4 is 4.90 Å². The number of para-hydroxylation sites is 1. The van der Waals surface area contributed by atoms with E-state index in [2.05, 4.69) is 12.2 Å². The number of esters is 1. The van der Waals surface area contributed by atoms with Crippen molar-refractivity contribution in [2.75, 3.05) is 11.5 Å². The third-order valence-electron chi connectivity index (χ3n) is 5.63. The van der Waals surface area contributed by atoms with Gasteiger partial charge in [-0.05, 0) is 32.9 Å². The number of hydrogen-bond donors (Lipinski definition) is 0. The van der Waals surface area contributed by atoms with Crippen LogP contribution in [0.15, 0.2) is 47.6 Å². The molecule has 0 radical (unpaired) electrons. The van der Waals surface area contributed by atoms with E-state index in [-0.39, 0.29) is 47.7 Å². The molecule has 0 unspecified atom stereocenters. The molecule has 1 saturated heterocycles. The first-order chi connectivity index (χ1) is 12.5. The van der Waals surface area contributed by atoms with Gasteiger partial charge in [-0.3, -0.25) is 9.59 Å². The van der Waals surface area contributed by atoms with Crippen LogP contribution in [-0.4, -0.2) is 24.4 Å². The smallest absolute Gasteiger partial charge is 0.340 e. The normalized spacial score (nSPS) is 28.7. The molecule has 2 bridgehead atoms. The highest BCUT2D eigenvalue weighted by Crippen LogP contribution is 2.57. The molecule has 2 aliphatic carbocycles. The van der Waals surface area contributed by atoms with E-state index >= 15 is 0 Å². The number of benzene rings is 1. The Morgan fingerprint density at radius 2 is 1.62 bits per heavy atom. The second kappa shape index (κ2) is 5.94. The molecule has 2 fully saturated rings. The molecule has 1 aromatic rings. The van der Waals surface area contributed by atoms with E-state index in [0.29, 0.717) is 5.69 Å². The van der Waals surface area contributed by atoms with Crippen molar-refractivity contribution < 1.29 is 19.1 Å². The molecule has 0 spiro atoms. The summed E-state index contributed by atoms with van der Waals surface area (Å²) >= 11 is 0. The summed E-state index contributed by atoms with van der Waals surface area (Å²) in [5.41, 5.74) is 2.96. The summed E-state index contributed by atoms with van der Waals surface area (Å²) in [7, 11) is 0. The molecule has 4 rings (SSSR count). The van der Waals surface area contributed by atoms with E-state index in [1.54, 1.807) is 31.2 Å². The van der Waals surface area contributed by atoms with E-state index in [0.717, 1.165) is 0 Å². The van der Waals surface area contributed by atoms with Crippen molar-refractivity contribution in [2.24, 2.45) is 23.7 Å². The lowest BCUT2D eigenvalue weighted by molar-refractivity contribution is -0.122. The molecule has 4 atom stereocenters. The zero-order chi connectivity index (χ0) is 18.6. The second-order valence-corrected chi connectivity index (χ2v) is 7.19. The van der Waals surface area contributed by atoms with Crippen LogP contribution in [0.5, 0.6) is 0 Å². The van der Waals surface area contributed by atoms with Crippen molar-refractivity contribution in [1.82, 2.24) is 0 Å². The van der Waals surface area contributed by atoms with Gasteiger partial charge in [-0.2, -0.15) is 0 Å². The van der Waals surface area contributed by atoms with Gasteiger partial charge in [0.25, 0.3) is 0 Å². The number of anilines is 1. The van der Waals surface area contributed by atoms with Crippen LogP contribution in [0.1, 0.15) is 31.1 Å². The summed E-state index contributed by atoms with van der Waals surface area (Å²) in [6, 6.07) is 6.66. The molecule has 0 N–H and O–H groups in total. The predicted molar refractivity (Wildman–Crippen MR) is 96.4 cm³/mol. The first-order valence-electron chi connectivity index (χ1n) is 8.97. The maximum Gasteiger partial charge on any atom is 0.340 e. The van der Waals surface area contributed by atoms with E-state index in [1.807, 2.05) is 13.8 Å². The molecule has 26 heavy (non-hydrogen) atoms. The Bertz CT molecular complexity index is 844. The van der Waals surface area contributed by atoms with Gasteiger partial charge >= 0.3 is 5.97 Å². The number of imide groups is 1. The molecule has 134 valence electrons. The van der Waals surface area contributed by atoms with Crippen molar-refractivity contribution in [3.63, 3.8) is 0 Å². The van der Waals surface area contributed by atoms with Gasteiger partial charge in [0.15, 0.2) is 0 Å². The molecule has 1 saturated carbocycles. The highest BCUT2D eigenvalue weighted by atomic mass is 16.5. The van der Waals surface area contributed by atoms with Gasteiger partial charge in [0.1, 0.15) is 0 Å². The summed E-state index contributed by atoms with van der Waals surface area (Å²) in [5.74, 6) is -1.70. The average molecular weight is 351 g/mol. The number of fused-ring (bicyclic) bond motifs is 5. The lowest BCUT2D eigenvalue weighted by Gasteiger charge is -2.21. The summed E-state index contributed by atoms with van der Waals surface area (Å²) in [4.78, 5) is 39.8. The maximum absolute atomic E-state index is 13.2. The quantitative estimate of drug-likeness (QED) is 0.477. The minimum atomic E-state index is -0.521. The number of carbonyl (C=O) groups is 3. The number of carbonyl (C=O) groups excluding carboxylic acids is 3. The molecule has 0 aromatic heterocycles. The van der Waals surface area contributed by atoms with Gasteiger partial charge < -0.3 is 4.74 Å². The average Bonchev–Trinajstić information content (AvgIpc) is 3.25. The summed E-state index contributed by atoms with van der Waals surface area (Å²) in [6.45, 7) is 6.03. The molecular weight excluding hydrogens is 330 g/mol. The zero-order valence-corrected chi connectivity index (χ0v) is 15.1. The molecule has 1 heterocycles. The third kappa shape index (κ3) is 2.13. The third-order valence-corrected chi connectivity index (χ3v) is 5.63. The Balaban J connectivity index is 1.75. The second-order valence-electron chi connectivity index (χ2n) is 7.19. The number of nitrogens with zero attached hydrogens (tertiary/aromatic N) is 1. The van der Waals surface area contributed by atoms with Crippen LogP contribution in [0.25, 0.3) is 0 Å². The SMILES string of the molecule is CCOC(=O)c1ccccc1N1C(=O)[C@@H]2[C@H](C1=O)[C@H]1C=C[C@@H]2C1=C(C)C. The maximum atomic E-state index is 13.2. The number of allylic oxidation sites excluding steroid dienone is 4. The Hall–Kier alpha value is -2.69. The fourth-order valence-corrected chi connectivity index (χ4v) is 4.72. The van der Waals surface area contributed by atoms with Gasteiger partial charge in [-0.25, -0.2) is 9.69 Å². The van der Waals surface area contributed by atoms with E-state index in [1.165, 1.54) is 16.0 Å². The molecule has 2 amide bonds. The topological polar surface area (TPSA) is 63.7 Å². The van der Waals surface area contributed by atoms with Crippen LogP contribution >= 0.6 is 0 Å². The largest absolute Gasteiger partial charge is 0.462 e. The molecule has 1 aromatic carbocycles. The van der Waals surface area contributed by atoms with Gasteiger partial charge in [0.2, 0.25) is 11.8 Å². The van der Waals surface area contributed by atoms with Crippen LogP contribution in [0, 0.1) is 23.7 Å². The van der Waals surface area contributed by atoms with Crippen LogP contribution in [0.2, 0.25) is 0 Å². The van der Waals surface area contributed by atoms with Gasteiger partial charge in [0.05, 0.1) is 29.7 Å². The van der Waals surface area contributed by atoms with E-state index in [4.69, 9.17) is 4.74 Å². The highest BCUT2D eigenvalue weighted by molar-refractivity contribution is 6.25. The Kier molecular flexibility index (Phi) is 3.83. The predicted octanol–water partition coefficient (Wildman–Crippen LogP) is 3.12. The molecule has 5 nitrogen and oxygen atoms in total. The molecule has 3 aliphatic rings. The van der Waals surface area contributed by atoms with E-state index in [9.17, 15) is 14.4 Å². The minimum absolute atomic E-state index is 0.00814. The lowest BCUT2D eigenvalue weighted by atomic mass is 9.85. The number of rotatable bonds is 3. The number of hydrogen-bond acceptors (Lipinski definition) is 4. The van der Waals surface area contributed by atoms with Gasteiger partial charge in [0, 0.05) is 11.8 Å². The summed E-state index contributed by atoms with van der Waals surface area (Å²) in [5, 5.41) is 0. The Morgan fingerprint density at radius 3 is 2.15 bits per heavy atom. The van der Waals surface area contributed by atoms with Crippen molar-refractivity contribution in [1.29, 1.82) is 0 Å². The van der Waals surface area contributed by atoms with Crippen molar-refractivity contribution in [3.05, 3.63) is 53.1 Å². The number of ether oxygens (including phenoxy) is 1. The van der Waals surface area contributed by atoms with Crippen molar-refractivity contribution in [3.8, 4) is 0 Å². The first kappa shape index (κ1) is 16.8. The van der Waals surface area contributed by atoms with Crippen LogP contribution in [0.4, 0.5) is 5.69 Å². The fourth-order valence-electron chi connectivity index (χ4n) is 4.72. The van der Waals surface area contributed by atoms with Gasteiger partial charge in [-0.1, -0.05) is 35.4 Å². The summed E-state index contributed by atoms with van der Waals surface area (Å²) in [6.07, 6.45) is 4.11. The van der Waals surface area contributed by atoms with Crippen molar-refractivity contribution >= 4 is 23.5 Å². The first-order valence-corrected chi connectivity index (χ1v) is 8.97. The molecular formula is C21H21NO4. The number of amides is 2. The molecule has 1 aliphatic heterocycles. The summed E-state index contributed by atoms with van der Waals surface area (Å²) < 4.78 is 5.09. The Morgan fingerprint density at radius 1 is 1.04 bits per heavy atom. The fraction of sp³-hybridized carbons (Fsp3) is 0.381. The standard InChI is InChI=1S/C21H21NO4/c1-4-26-21(25)12-7-5-6-8-15(12)22-19(23)17-13-9-10-14(16(13)11(2)3)18(17)20(22)24/h5-10,13-14,17-18H,4H2,1-3H3/t13-,14+,17+,18-. The van der Waals surface area contributed by atoms with Gasteiger partial charge in [-0.15, -0.1) is 0 Å². The lowest BCUT2D eigenvalue weighted by Crippen LogP contribution is -2.34. The Labute approximate surface area is 152 Å². The molecule has 5 heteroatoms. The van der Waals surface area contributed by atoms with Crippen LogP contribution in [-0.2, 0) is 14.3 Å².